The largest absolute Gasteiger partial charge is 0.388 e. The van der Waals surface area contributed by atoms with Crippen molar-refractivity contribution in [3.05, 3.63) is 41.5 Å². The van der Waals surface area contributed by atoms with E-state index >= 15 is 0 Å². The average Bonchev–Trinajstić information content (AvgIpc) is 2.18. The van der Waals surface area contributed by atoms with Gasteiger partial charge in [0, 0.05) is 13.1 Å². The van der Waals surface area contributed by atoms with E-state index in [4.69, 9.17) is 0 Å². The summed E-state index contributed by atoms with van der Waals surface area (Å²) in [7, 11) is 0. The molecule has 2 N–H and O–H groups in total. The van der Waals surface area contributed by atoms with E-state index in [9.17, 15) is 5.11 Å². The van der Waals surface area contributed by atoms with Gasteiger partial charge in [0.2, 0.25) is 0 Å². The van der Waals surface area contributed by atoms with Gasteiger partial charge in [-0.25, -0.2) is 0 Å². The Morgan fingerprint density at radius 3 is 3.00 bits per heavy atom. The van der Waals surface area contributed by atoms with Crippen LogP contribution in [0.4, 0.5) is 0 Å². The highest BCUT2D eigenvalue weighted by atomic mass is 16.3. The van der Waals surface area contributed by atoms with E-state index in [-0.39, 0.29) is 6.10 Å². The van der Waals surface area contributed by atoms with Crippen LogP contribution in [-0.4, -0.2) is 24.3 Å². The molecule has 0 aliphatic carbocycles. The second-order valence-corrected chi connectivity index (χ2v) is 3.76. The summed E-state index contributed by atoms with van der Waals surface area (Å²) in [6, 6.07) is 8.35. The Morgan fingerprint density at radius 2 is 2.29 bits per heavy atom. The summed E-state index contributed by atoms with van der Waals surface area (Å²) in [5, 5.41) is 12.7. The molecule has 0 fully saturated rings. The third-order valence-corrected chi connectivity index (χ3v) is 2.45. The van der Waals surface area contributed by atoms with E-state index in [1.54, 1.807) is 0 Å². The zero-order valence-electron chi connectivity index (χ0n) is 8.33. The van der Waals surface area contributed by atoms with Crippen LogP contribution in [0.15, 0.2) is 30.3 Å². The Balaban J connectivity index is 2.30. The molecule has 1 heterocycles. The summed E-state index contributed by atoms with van der Waals surface area (Å²) in [6.07, 6.45) is 1.59. The smallest absolute Gasteiger partial charge is 0.0851 e. The molecule has 1 aliphatic heterocycles. The van der Waals surface area contributed by atoms with E-state index in [2.05, 4.69) is 30.4 Å². The van der Waals surface area contributed by atoms with Crippen LogP contribution in [0.1, 0.15) is 11.1 Å². The monoisotopic (exact) mass is 189 g/mol. The standard InChI is InChI=1S/C12H15NO/c1-9-3-2-4-10(5-9)11-6-12(14)8-13-7-11/h2-6,12-14H,7-8H2,1H3. The fraction of sp³-hybridized carbons (Fsp3) is 0.333. The molecule has 1 aromatic carbocycles. The van der Waals surface area contributed by atoms with Gasteiger partial charge in [-0.2, -0.15) is 0 Å². The van der Waals surface area contributed by atoms with Gasteiger partial charge in [0.15, 0.2) is 0 Å². The summed E-state index contributed by atoms with van der Waals surface area (Å²) in [4.78, 5) is 0. The minimum atomic E-state index is -0.348. The van der Waals surface area contributed by atoms with Gasteiger partial charge in [0.05, 0.1) is 6.10 Å². The third kappa shape index (κ3) is 2.03. The van der Waals surface area contributed by atoms with Crippen molar-refractivity contribution in [3.63, 3.8) is 0 Å². The number of aliphatic hydroxyl groups is 1. The third-order valence-electron chi connectivity index (χ3n) is 2.45. The number of nitrogens with one attached hydrogen (secondary N) is 1. The van der Waals surface area contributed by atoms with E-state index in [0.717, 1.165) is 6.54 Å². The molecule has 1 aliphatic rings. The number of β-amino-alcohol motifs (C(OH)–C–C–N with tert-alkyl or cyclic N) is 1. The Kier molecular flexibility index (Phi) is 2.66. The minimum Gasteiger partial charge on any atom is -0.388 e. The molecule has 0 bridgehead atoms. The number of hydrogen-bond acceptors (Lipinski definition) is 2. The van der Waals surface area contributed by atoms with Crippen LogP contribution in [0.25, 0.3) is 5.57 Å². The fourth-order valence-corrected chi connectivity index (χ4v) is 1.75. The highest BCUT2D eigenvalue weighted by molar-refractivity contribution is 5.68. The summed E-state index contributed by atoms with van der Waals surface area (Å²) >= 11 is 0. The lowest BCUT2D eigenvalue weighted by molar-refractivity contribution is 0.217. The molecule has 0 saturated heterocycles. The number of aliphatic hydroxyl groups excluding tert-OH is 1. The summed E-state index contributed by atoms with van der Waals surface area (Å²) in [6.45, 7) is 3.59. The number of benzene rings is 1. The molecule has 0 radical (unpaired) electrons. The molecule has 1 aromatic rings. The van der Waals surface area contributed by atoms with Gasteiger partial charge >= 0.3 is 0 Å². The lowest BCUT2D eigenvalue weighted by Crippen LogP contribution is -2.31. The first-order chi connectivity index (χ1) is 6.75. The van der Waals surface area contributed by atoms with Crippen molar-refractivity contribution in [2.45, 2.75) is 13.0 Å². The van der Waals surface area contributed by atoms with Gasteiger partial charge < -0.3 is 10.4 Å². The zero-order chi connectivity index (χ0) is 9.97. The van der Waals surface area contributed by atoms with E-state index in [1.807, 2.05) is 12.1 Å². The molecule has 2 rings (SSSR count). The molecule has 1 unspecified atom stereocenters. The first-order valence-corrected chi connectivity index (χ1v) is 4.92. The van der Waals surface area contributed by atoms with Crippen LogP contribution in [0.2, 0.25) is 0 Å². The first kappa shape index (κ1) is 9.44. The molecule has 2 heteroatoms. The summed E-state index contributed by atoms with van der Waals surface area (Å²) < 4.78 is 0. The molecule has 2 nitrogen and oxygen atoms in total. The maximum absolute atomic E-state index is 9.47. The highest BCUT2D eigenvalue weighted by Gasteiger charge is 2.11. The lowest BCUT2D eigenvalue weighted by atomic mass is 10.00. The van der Waals surface area contributed by atoms with Crippen LogP contribution >= 0.6 is 0 Å². The van der Waals surface area contributed by atoms with Gasteiger partial charge in [-0.05, 0) is 24.1 Å². The Hall–Kier alpha value is -1.12. The molecule has 0 saturated carbocycles. The SMILES string of the molecule is Cc1cccc(C2=CC(O)CNC2)c1. The van der Waals surface area contributed by atoms with Gasteiger partial charge in [0.1, 0.15) is 0 Å². The van der Waals surface area contributed by atoms with E-state index in [1.165, 1.54) is 16.7 Å². The zero-order valence-corrected chi connectivity index (χ0v) is 8.33. The number of hydrogen-bond donors (Lipinski definition) is 2. The molecule has 14 heavy (non-hydrogen) atoms. The maximum atomic E-state index is 9.47. The van der Waals surface area contributed by atoms with E-state index < -0.39 is 0 Å². The molecule has 0 amide bonds. The maximum Gasteiger partial charge on any atom is 0.0851 e. The second kappa shape index (κ2) is 3.95. The predicted molar refractivity (Wildman–Crippen MR) is 58.0 cm³/mol. The van der Waals surface area contributed by atoms with Gasteiger partial charge in [0.25, 0.3) is 0 Å². The van der Waals surface area contributed by atoms with Crippen LogP contribution in [0, 0.1) is 6.92 Å². The molecule has 0 spiro atoms. The highest BCUT2D eigenvalue weighted by Crippen LogP contribution is 2.17. The fourth-order valence-electron chi connectivity index (χ4n) is 1.75. The van der Waals surface area contributed by atoms with Gasteiger partial charge in [-0.15, -0.1) is 0 Å². The second-order valence-electron chi connectivity index (χ2n) is 3.76. The summed E-state index contributed by atoms with van der Waals surface area (Å²) in [5.41, 5.74) is 3.65. The minimum absolute atomic E-state index is 0.348. The van der Waals surface area contributed by atoms with Crippen molar-refractivity contribution in [1.82, 2.24) is 5.32 Å². The summed E-state index contributed by atoms with van der Waals surface area (Å²) in [5.74, 6) is 0. The van der Waals surface area contributed by atoms with Crippen LogP contribution in [0.5, 0.6) is 0 Å². The first-order valence-electron chi connectivity index (χ1n) is 4.92. The Labute approximate surface area is 84.3 Å². The van der Waals surface area contributed by atoms with Gasteiger partial charge in [-0.1, -0.05) is 29.8 Å². The normalized spacial score (nSPS) is 21.9. The van der Waals surface area contributed by atoms with Crippen molar-refractivity contribution < 1.29 is 5.11 Å². The topological polar surface area (TPSA) is 32.3 Å². The van der Waals surface area contributed by atoms with Crippen molar-refractivity contribution in [2.75, 3.05) is 13.1 Å². The van der Waals surface area contributed by atoms with Crippen molar-refractivity contribution in [3.8, 4) is 0 Å². The van der Waals surface area contributed by atoms with Crippen LogP contribution in [0.3, 0.4) is 0 Å². The number of rotatable bonds is 1. The number of aryl methyl sites for hydroxylation is 1. The van der Waals surface area contributed by atoms with Crippen LogP contribution < -0.4 is 5.32 Å². The lowest BCUT2D eigenvalue weighted by Gasteiger charge is -2.18. The average molecular weight is 189 g/mol. The molecule has 74 valence electrons. The predicted octanol–water partition coefficient (Wildman–Crippen LogP) is 1.34. The molecular formula is C12H15NO. The van der Waals surface area contributed by atoms with E-state index in [0.29, 0.717) is 6.54 Å². The molecular weight excluding hydrogens is 174 g/mol. The molecule has 0 aromatic heterocycles. The van der Waals surface area contributed by atoms with Gasteiger partial charge in [-0.3, -0.25) is 0 Å². The van der Waals surface area contributed by atoms with Crippen molar-refractivity contribution >= 4 is 5.57 Å². The molecule has 1 atom stereocenters. The van der Waals surface area contributed by atoms with Crippen molar-refractivity contribution in [1.29, 1.82) is 0 Å². The Bertz CT molecular complexity index is 357. The Morgan fingerprint density at radius 1 is 1.43 bits per heavy atom. The van der Waals surface area contributed by atoms with Crippen LogP contribution in [-0.2, 0) is 0 Å². The quantitative estimate of drug-likeness (QED) is 0.698. The van der Waals surface area contributed by atoms with Crippen molar-refractivity contribution in [2.24, 2.45) is 0 Å².